The highest BCUT2D eigenvalue weighted by Crippen LogP contribution is 2.25. The van der Waals surface area contributed by atoms with E-state index in [9.17, 15) is 0 Å². The highest BCUT2D eigenvalue weighted by atomic mass is 16.5. The monoisotopic (exact) mass is 415 g/mol. The molecular weight excluding hydrogens is 394 g/mol. The number of hydrogen-bond acceptors (Lipinski definition) is 7. The van der Waals surface area contributed by atoms with Gasteiger partial charge in [-0.3, -0.25) is 14.8 Å². The number of hydrogen-bond donors (Lipinski definition) is 2. The highest BCUT2D eigenvalue weighted by Gasteiger charge is 2.12. The lowest BCUT2D eigenvalue weighted by atomic mass is 10.1. The van der Waals surface area contributed by atoms with Crippen LogP contribution < -0.4 is 10.1 Å². The Balaban J connectivity index is 1.36. The van der Waals surface area contributed by atoms with Crippen LogP contribution in [0, 0.1) is 0 Å². The molecule has 4 aromatic heterocycles. The number of fused-ring (bicyclic) bond motifs is 2. The third kappa shape index (κ3) is 4.03. The number of benzene rings is 1. The zero-order valence-electron chi connectivity index (χ0n) is 16.9. The molecule has 0 bridgehead atoms. The van der Waals surface area contributed by atoms with Crippen LogP contribution in [-0.2, 0) is 11.3 Å². The van der Waals surface area contributed by atoms with E-state index >= 15 is 0 Å². The molecule has 0 aliphatic rings. The Kier molecular flexibility index (Phi) is 5.16. The highest BCUT2D eigenvalue weighted by molar-refractivity contribution is 5.79. The molecule has 2 N–H and O–H groups in total. The molecule has 0 amide bonds. The predicted molar refractivity (Wildman–Crippen MR) is 118 cm³/mol. The minimum atomic E-state index is 0.414. The minimum absolute atomic E-state index is 0.414. The molecule has 31 heavy (non-hydrogen) atoms. The summed E-state index contributed by atoms with van der Waals surface area (Å²) in [5, 5.41) is 7.58. The van der Waals surface area contributed by atoms with E-state index in [0.29, 0.717) is 37.1 Å². The van der Waals surface area contributed by atoms with E-state index < -0.39 is 0 Å². The average Bonchev–Trinajstić information content (AvgIpc) is 2.79. The molecule has 0 aliphatic carbocycles. The standard InChI is InChI=1S/C22H21N7O2/c1-30-10-11-31-22-18(5-3-9-24-22)26-19-13-25-20-21(27-19)29(28-20)14-15-6-7-17-16(12-15)4-2-8-23-17/h2-9,12-13H,10-11,14H2,1H3,(H,25,28)(H,26,27). The van der Waals surface area contributed by atoms with Crippen molar-refractivity contribution in [1.29, 1.82) is 0 Å². The lowest BCUT2D eigenvalue weighted by molar-refractivity contribution is 0.144. The molecule has 0 fully saturated rings. The third-order valence-corrected chi connectivity index (χ3v) is 4.82. The van der Waals surface area contributed by atoms with Gasteiger partial charge in [-0.15, -0.1) is 0 Å². The minimum Gasteiger partial charge on any atom is -0.474 e. The molecule has 0 aliphatic heterocycles. The van der Waals surface area contributed by atoms with Gasteiger partial charge in [-0.25, -0.2) is 15.0 Å². The summed E-state index contributed by atoms with van der Waals surface area (Å²) in [6.45, 7) is 1.56. The summed E-state index contributed by atoms with van der Waals surface area (Å²) in [5.74, 6) is 1.10. The maximum Gasteiger partial charge on any atom is 0.237 e. The molecule has 9 nitrogen and oxygen atoms in total. The first-order valence-corrected chi connectivity index (χ1v) is 9.89. The number of anilines is 2. The third-order valence-electron chi connectivity index (χ3n) is 4.82. The van der Waals surface area contributed by atoms with E-state index in [2.05, 4.69) is 43.6 Å². The molecule has 0 radical (unpaired) electrons. The molecule has 0 saturated heterocycles. The first-order chi connectivity index (χ1) is 15.3. The van der Waals surface area contributed by atoms with E-state index in [1.807, 2.05) is 28.9 Å². The van der Waals surface area contributed by atoms with E-state index in [1.54, 1.807) is 25.7 Å². The number of nitrogens with one attached hydrogen (secondary N) is 2. The number of aromatic amines is 1. The Morgan fingerprint density at radius 2 is 1.94 bits per heavy atom. The van der Waals surface area contributed by atoms with Gasteiger partial charge in [0, 0.05) is 24.9 Å². The molecule has 0 saturated carbocycles. The predicted octanol–water partition coefficient (Wildman–Crippen LogP) is 3.52. The van der Waals surface area contributed by atoms with E-state index in [4.69, 9.17) is 14.5 Å². The summed E-state index contributed by atoms with van der Waals surface area (Å²) >= 11 is 0. The number of ether oxygens (including phenoxy) is 2. The molecule has 4 heterocycles. The molecule has 9 heteroatoms. The van der Waals surface area contributed by atoms with Crippen molar-refractivity contribution in [3.63, 3.8) is 0 Å². The van der Waals surface area contributed by atoms with Gasteiger partial charge >= 0.3 is 0 Å². The smallest absolute Gasteiger partial charge is 0.237 e. The molecule has 1 aromatic carbocycles. The fourth-order valence-corrected chi connectivity index (χ4v) is 3.32. The van der Waals surface area contributed by atoms with E-state index in [-0.39, 0.29) is 0 Å². The van der Waals surface area contributed by atoms with E-state index in [1.165, 1.54) is 0 Å². The molecular formula is C22H21N7O2. The van der Waals surface area contributed by atoms with Crippen LogP contribution in [0.2, 0.25) is 0 Å². The van der Waals surface area contributed by atoms with Crippen molar-refractivity contribution in [3.05, 3.63) is 66.6 Å². The maximum atomic E-state index is 5.68. The van der Waals surface area contributed by atoms with Gasteiger partial charge in [0.05, 0.1) is 24.9 Å². The first-order valence-electron chi connectivity index (χ1n) is 9.89. The number of aromatic nitrogens is 6. The van der Waals surface area contributed by atoms with Crippen molar-refractivity contribution in [2.75, 3.05) is 25.6 Å². The molecule has 0 atom stereocenters. The maximum absolute atomic E-state index is 5.68. The van der Waals surface area contributed by atoms with Crippen molar-refractivity contribution in [1.82, 2.24) is 29.7 Å². The van der Waals surface area contributed by atoms with Crippen molar-refractivity contribution in [2.24, 2.45) is 0 Å². The van der Waals surface area contributed by atoms with Gasteiger partial charge in [-0.2, -0.15) is 0 Å². The van der Waals surface area contributed by atoms with Crippen LogP contribution in [0.5, 0.6) is 5.88 Å². The van der Waals surface area contributed by atoms with Gasteiger partial charge in [-0.05, 0) is 35.9 Å². The van der Waals surface area contributed by atoms with Gasteiger partial charge in [0.2, 0.25) is 5.88 Å². The summed E-state index contributed by atoms with van der Waals surface area (Å²) in [7, 11) is 1.63. The fourth-order valence-electron chi connectivity index (χ4n) is 3.32. The van der Waals surface area contributed by atoms with Gasteiger partial charge in [-0.1, -0.05) is 12.1 Å². The normalized spacial score (nSPS) is 11.3. The molecule has 0 spiro atoms. The van der Waals surface area contributed by atoms with Crippen LogP contribution in [0.25, 0.3) is 22.2 Å². The lowest BCUT2D eigenvalue weighted by Crippen LogP contribution is -2.15. The van der Waals surface area contributed by atoms with Gasteiger partial charge in [0.1, 0.15) is 12.3 Å². The first kappa shape index (κ1) is 19.0. The summed E-state index contributed by atoms with van der Waals surface area (Å²) in [6.07, 6.45) is 5.16. The quantitative estimate of drug-likeness (QED) is 0.374. The Bertz CT molecular complexity index is 1330. The van der Waals surface area contributed by atoms with Crippen molar-refractivity contribution < 1.29 is 9.47 Å². The summed E-state index contributed by atoms with van der Waals surface area (Å²) in [6, 6.07) is 14.0. The van der Waals surface area contributed by atoms with Crippen molar-refractivity contribution in [3.8, 4) is 5.88 Å². The van der Waals surface area contributed by atoms with Crippen LogP contribution in [0.15, 0.2) is 61.1 Å². The Hall–Kier alpha value is -3.98. The summed E-state index contributed by atoms with van der Waals surface area (Å²) < 4.78 is 12.7. The second-order valence-electron chi connectivity index (χ2n) is 6.98. The summed E-state index contributed by atoms with van der Waals surface area (Å²) in [5.41, 5.74) is 4.38. The summed E-state index contributed by atoms with van der Waals surface area (Å²) in [4.78, 5) is 17.8. The Labute approximate surface area is 178 Å². The van der Waals surface area contributed by atoms with E-state index in [0.717, 1.165) is 27.8 Å². The number of H-pyrrole nitrogens is 1. The number of rotatable bonds is 8. The van der Waals surface area contributed by atoms with Gasteiger partial charge in [0.25, 0.3) is 0 Å². The van der Waals surface area contributed by atoms with Gasteiger partial charge in [0.15, 0.2) is 17.1 Å². The van der Waals surface area contributed by atoms with Crippen molar-refractivity contribution in [2.45, 2.75) is 6.54 Å². The SMILES string of the molecule is COCCOc1ncccc1Nc1cnc2[nH]n(Cc3ccc4ncccc4c3)c2n1. The second kappa shape index (κ2) is 8.41. The number of nitrogens with zero attached hydrogens (tertiary/aromatic N) is 5. The lowest BCUT2D eigenvalue weighted by Gasteiger charge is -2.17. The van der Waals surface area contributed by atoms with Crippen LogP contribution >= 0.6 is 0 Å². The van der Waals surface area contributed by atoms with Crippen LogP contribution in [0.1, 0.15) is 5.56 Å². The second-order valence-corrected chi connectivity index (χ2v) is 6.98. The fraction of sp³-hybridized carbons (Fsp3) is 0.182. The largest absolute Gasteiger partial charge is 0.474 e. The molecule has 156 valence electrons. The van der Waals surface area contributed by atoms with Crippen molar-refractivity contribution >= 4 is 33.7 Å². The topological polar surface area (TPSA) is 103 Å². The zero-order chi connectivity index (χ0) is 21.0. The molecule has 5 rings (SSSR count). The number of methoxy groups -OCH3 is 1. The Morgan fingerprint density at radius 3 is 2.87 bits per heavy atom. The molecule has 5 aromatic rings. The zero-order valence-corrected chi connectivity index (χ0v) is 16.9. The Morgan fingerprint density at radius 1 is 1.03 bits per heavy atom. The average molecular weight is 415 g/mol. The number of pyridine rings is 2. The van der Waals surface area contributed by atoms with Crippen LogP contribution in [-0.4, -0.2) is 50.0 Å². The molecule has 0 unspecified atom stereocenters. The van der Waals surface area contributed by atoms with Crippen LogP contribution in [0.4, 0.5) is 11.5 Å². The van der Waals surface area contributed by atoms with Crippen LogP contribution in [0.3, 0.4) is 0 Å². The van der Waals surface area contributed by atoms with Gasteiger partial charge < -0.3 is 14.8 Å².